The van der Waals surface area contributed by atoms with Gasteiger partial charge in [-0.3, -0.25) is 0 Å². The molecular formula is C24H20O2. The lowest BCUT2D eigenvalue weighted by atomic mass is 9.95. The number of hydrogen-bond acceptors (Lipinski definition) is 2. The van der Waals surface area contributed by atoms with Crippen LogP contribution in [-0.2, 0) is 0 Å². The summed E-state index contributed by atoms with van der Waals surface area (Å²) in [5, 5.41) is 0. The van der Waals surface area contributed by atoms with Crippen molar-refractivity contribution in [1.29, 1.82) is 0 Å². The van der Waals surface area contributed by atoms with Gasteiger partial charge in [-0.15, -0.1) is 0 Å². The maximum absolute atomic E-state index is 6.32. The molecule has 0 saturated carbocycles. The lowest BCUT2D eigenvalue weighted by molar-refractivity contribution is 0.243. The first-order chi connectivity index (χ1) is 12.8. The van der Waals surface area contributed by atoms with E-state index in [0.29, 0.717) is 0 Å². The fraction of sp³-hybridized carbons (Fsp3) is 0.0833. The van der Waals surface area contributed by atoms with Crippen molar-refractivity contribution in [2.75, 3.05) is 7.11 Å². The van der Waals surface area contributed by atoms with Gasteiger partial charge in [-0.05, 0) is 41.0 Å². The van der Waals surface area contributed by atoms with Crippen LogP contribution in [0.4, 0.5) is 0 Å². The second kappa shape index (κ2) is 7.32. The molecule has 3 aromatic rings. The normalized spacial score (nSPS) is 15.9. The Labute approximate surface area is 154 Å². The number of fused-ring (bicyclic) bond motifs is 1. The van der Waals surface area contributed by atoms with E-state index in [1.165, 1.54) is 0 Å². The summed E-state index contributed by atoms with van der Waals surface area (Å²) in [6.45, 7) is 0. The van der Waals surface area contributed by atoms with Crippen LogP contribution < -0.4 is 9.47 Å². The summed E-state index contributed by atoms with van der Waals surface area (Å²) in [6.07, 6.45) is 6.34. The molecule has 3 aromatic carbocycles. The first-order valence-electron chi connectivity index (χ1n) is 8.68. The largest absolute Gasteiger partial charge is 0.497 e. The van der Waals surface area contributed by atoms with Crippen LogP contribution in [0.25, 0.3) is 12.2 Å². The third-order valence-corrected chi connectivity index (χ3v) is 4.48. The van der Waals surface area contributed by atoms with Crippen molar-refractivity contribution in [1.82, 2.24) is 0 Å². The standard InChI is InChI=1S/C24H20O2/c1-25-22-15-12-18(13-16-22)11-14-21-17-20-9-5-6-10-23(20)26-24(21)19-7-3-2-4-8-19/h2-17,24H,1H3/b14-11+. The van der Waals surface area contributed by atoms with E-state index in [0.717, 1.165) is 33.8 Å². The Hall–Kier alpha value is -3.26. The molecule has 1 aliphatic rings. The van der Waals surface area contributed by atoms with Gasteiger partial charge in [0.1, 0.15) is 17.6 Å². The molecule has 1 atom stereocenters. The predicted molar refractivity (Wildman–Crippen MR) is 106 cm³/mol. The van der Waals surface area contributed by atoms with Gasteiger partial charge in [0.2, 0.25) is 0 Å². The molecule has 1 aliphatic heterocycles. The van der Waals surface area contributed by atoms with Gasteiger partial charge in [-0.1, -0.05) is 72.8 Å². The van der Waals surface area contributed by atoms with E-state index in [-0.39, 0.29) is 6.10 Å². The fourth-order valence-electron chi connectivity index (χ4n) is 3.09. The van der Waals surface area contributed by atoms with Gasteiger partial charge in [-0.2, -0.15) is 0 Å². The molecule has 1 unspecified atom stereocenters. The molecule has 0 aliphatic carbocycles. The zero-order chi connectivity index (χ0) is 17.8. The van der Waals surface area contributed by atoms with Crippen LogP contribution in [0.15, 0.2) is 90.5 Å². The van der Waals surface area contributed by atoms with E-state index in [9.17, 15) is 0 Å². The topological polar surface area (TPSA) is 18.5 Å². The number of benzene rings is 3. The maximum Gasteiger partial charge on any atom is 0.149 e. The first kappa shape index (κ1) is 16.2. The van der Waals surface area contributed by atoms with Crippen molar-refractivity contribution in [2.24, 2.45) is 0 Å². The van der Waals surface area contributed by atoms with Crippen LogP contribution in [0.2, 0.25) is 0 Å². The highest BCUT2D eigenvalue weighted by Crippen LogP contribution is 2.38. The molecule has 0 bridgehead atoms. The molecule has 0 amide bonds. The molecule has 26 heavy (non-hydrogen) atoms. The lowest BCUT2D eigenvalue weighted by Crippen LogP contribution is -2.13. The van der Waals surface area contributed by atoms with Crippen molar-refractivity contribution in [2.45, 2.75) is 6.10 Å². The van der Waals surface area contributed by atoms with Crippen molar-refractivity contribution in [3.8, 4) is 11.5 Å². The Bertz CT molecular complexity index is 937. The third-order valence-electron chi connectivity index (χ3n) is 4.48. The lowest BCUT2D eigenvalue weighted by Gasteiger charge is -2.26. The molecule has 0 N–H and O–H groups in total. The summed E-state index contributed by atoms with van der Waals surface area (Å²) in [5.74, 6) is 1.78. The van der Waals surface area contributed by atoms with Gasteiger partial charge in [0.05, 0.1) is 7.11 Å². The zero-order valence-electron chi connectivity index (χ0n) is 14.6. The highest BCUT2D eigenvalue weighted by atomic mass is 16.5. The predicted octanol–water partition coefficient (Wildman–Crippen LogP) is 5.93. The zero-order valence-corrected chi connectivity index (χ0v) is 14.6. The SMILES string of the molecule is COc1ccc(/C=C/C2=Cc3ccccc3OC2c2ccccc2)cc1. The molecule has 4 rings (SSSR count). The van der Waals surface area contributed by atoms with Gasteiger partial charge in [0.15, 0.2) is 0 Å². The van der Waals surface area contributed by atoms with Crippen molar-refractivity contribution in [3.05, 3.63) is 107 Å². The Kier molecular flexibility index (Phi) is 4.57. The summed E-state index contributed by atoms with van der Waals surface area (Å²) < 4.78 is 11.5. The third kappa shape index (κ3) is 3.40. The second-order valence-electron chi connectivity index (χ2n) is 6.20. The van der Waals surface area contributed by atoms with Crippen LogP contribution in [0.5, 0.6) is 11.5 Å². The Balaban J connectivity index is 1.69. The molecular weight excluding hydrogens is 320 g/mol. The average molecular weight is 340 g/mol. The van der Waals surface area contributed by atoms with Crippen LogP contribution in [0, 0.1) is 0 Å². The monoisotopic (exact) mass is 340 g/mol. The smallest absolute Gasteiger partial charge is 0.149 e. The van der Waals surface area contributed by atoms with Crippen molar-refractivity contribution < 1.29 is 9.47 Å². The van der Waals surface area contributed by atoms with E-state index < -0.39 is 0 Å². The summed E-state index contributed by atoms with van der Waals surface area (Å²) in [4.78, 5) is 0. The molecule has 0 radical (unpaired) electrons. The van der Waals surface area contributed by atoms with Crippen LogP contribution >= 0.6 is 0 Å². The fourth-order valence-corrected chi connectivity index (χ4v) is 3.09. The molecule has 2 nitrogen and oxygen atoms in total. The minimum Gasteiger partial charge on any atom is -0.497 e. The Morgan fingerprint density at radius 3 is 2.31 bits per heavy atom. The van der Waals surface area contributed by atoms with E-state index >= 15 is 0 Å². The number of hydrogen-bond donors (Lipinski definition) is 0. The van der Waals surface area contributed by atoms with Gasteiger partial charge in [0, 0.05) is 5.56 Å². The number of para-hydroxylation sites is 1. The molecule has 0 spiro atoms. The second-order valence-corrected chi connectivity index (χ2v) is 6.20. The number of methoxy groups -OCH3 is 1. The molecule has 0 aromatic heterocycles. The molecule has 1 heterocycles. The summed E-state index contributed by atoms with van der Waals surface area (Å²) in [5.41, 5.74) is 4.50. The highest BCUT2D eigenvalue weighted by Gasteiger charge is 2.22. The van der Waals surface area contributed by atoms with Gasteiger partial charge in [-0.25, -0.2) is 0 Å². The Morgan fingerprint density at radius 2 is 1.54 bits per heavy atom. The summed E-state index contributed by atoms with van der Waals surface area (Å²) >= 11 is 0. The average Bonchev–Trinajstić information content (AvgIpc) is 2.72. The highest BCUT2D eigenvalue weighted by molar-refractivity contribution is 5.69. The molecule has 0 saturated heterocycles. The minimum absolute atomic E-state index is 0.111. The summed E-state index contributed by atoms with van der Waals surface area (Å²) in [7, 11) is 1.68. The van der Waals surface area contributed by atoms with Crippen LogP contribution in [-0.4, -0.2) is 7.11 Å². The number of rotatable bonds is 4. The van der Waals surface area contributed by atoms with Crippen LogP contribution in [0.1, 0.15) is 22.8 Å². The van der Waals surface area contributed by atoms with E-state index in [1.54, 1.807) is 7.11 Å². The quantitative estimate of drug-likeness (QED) is 0.586. The maximum atomic E-state index is 6.32. The summed E-state index contributed by atoms with van der Waals surface area (Å²) in [6, 6.07) is 26.5. The van der Waals surface area contributed by atoms with Crippen molar-refractivity contribution in [3.63, 3.8) is 0 Å². The van der Waals surface area contributed by atoms with Gasteiger partial charge >= 0.3 is 0 Å². The molecule has 128 valence electrons. The van der Waals surface area contributed by atoms with E-state index in [2.05, 4.69) is 36.4 Å². The van der Waals surface area contributed by atoms with Gasteiger partial charge < -0.3 is 9.47 Å². The van der Waals surface area contributed by atoms with Gasteiger partial charge in [0.25, 0.3) is 0 Å². The minimum atomic E-state index is -0.111. The van der Waals surface area contributed by atoms with Crippen molar-refractivity contribution >= 4 is 12.2 Å². The number of ether oxygens (including phenoxy) is 2. The van der Waals surface area contributed by atoms with E-state index in [4.69, 9.17) is 9.47 Å². The first-order valence-corrected chi connectivity index (χ1v) is 8.68. The molecule has 2 heteroatoms. The van der Waals surface area contributed by atoms with E-state index in [1.807, 2.05) is 60.7 Å². The molecule has 0 fully saturated rings. The van der Waals surface area contributed by atoms with Crippen LogP contribution in [0.3, 0.4) is 0 Å². The Morgan fingerprint density at radius 1 is 0.808 bits per heavy atom.